The fourth-order valence-electron chi connectivity index (χ4n) is 1.71. The van der Waals surface area contributed by atoms with Gasteiger partial charge in [0.15, 0.2) is 0 Å². The van der Waals surface area contributed by atoms with Crippen molar-refractivity contribution in [3.05, 3.63) is 41.4 Å². The van der Waals surface area contributed by atoms with Crippen molar-refractivity contribution in [3.8, 4) is 5.75 Å². The first kappa shape index (κ1) is 18.5. The molecule has 120 valence electrons. The minimum Gasteiger partial charge on any atom is -0.492 e. The number of rotatable bonds is 10. The molecule has 4 nitrogen and oxygen atoms in total. The number of hydrogen-bond donors (Lipinski definition) is 0. The Bertz CT molecular complexity index is 529. The lowest BCUT2D eigenvalue weighted by atomic mass is 10.2. The lowest BCUT2D eigenvalue weighted by molar-refractivity contribution is -0.137. The standard InChI is InChI=1S/C16H18Cl2O4/c1-2-15(19)22-10-6-4-3-5-9-21-14-8-7-12(16(18)20)11-13(14)17/h2,7-8,11H,1,3-6,9-10H2. The molecule has 1 rings (SSSR count). The molecule has 1 aromatic carbocycles. The van der Waals surface area contributed by atoms with E-state index in [2.05, 4.69) is 6.58 Å². The first-order valence-corrected chi connectivity index (χ1v) is 7.71. The van der Waals surface area contributed by atoms with Gasteiger partial charge in [-0.2, -0.15) is 0 Å². The molecule has 0 amide bonds. The first-order valence-electron chi connectivity index (χ1n) is 6.96. The van der Waals surface area contributed by atoms with E-state index in [0.717, 1.165) is 31.8 Å². The molecular weight excluding hydrogens is 327 g/mol. The third kappa shape index (κ3) is 6.96. The van der Waals surface area contributed by atoms with Crippen molar-refractivity contribution in [2.45, 2.75) is 25.7 Å². The van der Waals surface area contributed by atoms with Crippen molar-refractivity contribution in [3.63, 3.8) is 0 Å². The molecule has 0 N–H and O–H groups in total. The van der Waals surface area contributed by atoms with Crippen molar-refractivity contribution in [1.29, 1.82) is 0 Å². The molecule has 0 bridgehead atoms. The van der Waals surface area contributed by atoms with Gasteiger partial charge in [-0.25, -0.2) is 4.79 Å². The second-order valence-corrected chi connectivity index (χ2v) is 5.30. The second-order valence-electron chi connectivity index (χ2n) is 4.55. The van der Waals surface area contributed by atoms with Crippen LogP contribution < -0.4 is 4.74 Å². The zero-order chi connectivity index (χ0) is 16.4. The van der Waals surface area contributed by atoms with Crippen LogP contribution in [0.5, 0.6) is 5.75 Å². The van der Waals surface area contributed by atoms with Crippen LogP contribution in [-0.4, -0.2) is 24.4 Å². The summed E-state index contributed by atoms with van der Waals surface area (Å²) < 4.78 is 10.4. The normalized spacial score (nSPS) is 10.1. The van der Waals surface area contributed by atoms with Crippen molar-refractivity contribution in [2.75, 3.05) is 13.2 Å². The molecule has 0 fully saturated rings. The van der Waals surface area contributed by atoms with Gasteiger partial charge < -0.3 is 9.47 Å². The summed E-state index contributed by atoms with van der Waals surface area (Å²) in [6.07, 6.45) is 4.73. The highest BCUT2D eigenvalue weighted by molar-refractivity contribution is 6.67. The molecule has 0 saturated heterocycles. The van der Waals surface area contributed by atoms with Crippen molar-refractivity contribution < 1.29 is 19.1 Å². The van der Waals surface area contributed by atoms with Crippen molar-refractivity contribution in [2.24, 2.45) is 0 Å². The van der Waals surface area contributed by atoms with E-state index in [1.54, 1.807) is 12.1 Å². The summed E-state index contributed by atoms with van der Waals surface area (Å²) in [7, 11) is 0. The number of carbonyl (C=O) groups is 2. The predicted molar refractivity (Wildman–Crippen MR) is 86.8 cm³/mol. The van der Waals surface area contributed by atoms with E-state index in [0.29, 0.717) is 29.5 Å². The Morgan fingerprint density at radius 2 is 1.82 bits per heavy atom. The summed E-state index contributed by atoms with van der Waals surface area (Å²) in [5.41, 5.74) is 0.341. The zero-order valence-corrected chi connectivity index (χ0v) is 13.7. The molecule has 0 aliphatic heterocycles. The van der Waals surface area contributed by atoms with E-state index in [1.807, 2.05) is 0 Å². The van der Waals surface area contributed by atoms with Gasteiger partial charge in [-0.3, -0.25) is 4.79 Å². The fraction of sp³-hybridized carbons (Fsp3) is 0.375. The minimum absolute atomic E-state index is 0.341. The molecule has 0 saturated carbocycles. The van der Waals surface area contributed by atoms with E-state index in [4.69, 9.17) is 32.7 Å². The van der Waals surface area contributed by atoms with Crippen LogP contribution in [0.25, 0.3) is 0 Å². The largest absolute Gasteiger partial charge is 0.492 e. The van der Waals surface area contributed by atoms with Gasteiger partial charge in [-0.1, -0.05) is 18.2 Å². The lowest BCUT2D eigenvalue weighted by Gasteiger charge is -2.08. The maximum atomic E-state index is 11.0. The molecule has 0 aromatic heterocycles. The Morgan fingerprint density at radius 1 is 1.14 bits per heavy atom. The zero-order valence-electron chi connectivity index (χ0n) is 12.1. The van der Waals surface area contributed by atoms with E-state index < -0.39 is 11.2 Å². The molecule has 0 aliphatic carbocycles. The smallest absolute Gasteiger partial charge is 0.330 e. The maximum Gasteiger partial charge on any atom is 0.330 e. The van der Waals surface area contributed by atoms with Gasteiger partial charge in [-0.15, -0.1) is 0 Å². The molecule has 0 radical (unpaired) electrons. The summed E-state index contributed by atoms with van der Waals surface area (Å²) in [5.74, 6) is 0.139. The summed E-state index contributed by atoms with van der Waals surface area (Å²) in [6, 6.07) is 4.69. The third-order valence-electron chi connectivity index (χ3n) is 2.87. The fourth-order valence-corrected chi connectivity index (χ4v) is 2.06. The molecule has 0 spiro atoms. The number of carbonyl (C=O) groups excluding carboxylic acids is 2. The Kier molecular flexibility index (Phi) is 8.63. The average molecular weight is 345 g/mol. The highest BCUT2D eigenvalue weighted by Crippen LogP contribution is 2.26. The number of esters is 1. The van der Waals surface area contributed by atoms with Crippen LogP contribution in [0.1, 0.15) is 36.0 Å². The molecule has 0 aliphatic rings. The lowest BCUT2D eigenvalue weighted by Crippen LogP contribution is -2.02. The summed E-state index contributed by atoms with van der Waals surface area (Å²) in [5, 5.41) is -0.187. The van der Waals surface area contributed by atoms with Crippen LogP contribution in [0, 0.1) is 0 Å². The van der Waals surface area contributed by atoms with Crippen LogP contribution >= 0.6 is 23.2 Å². The highest BCUT2D eigenvalue weighted by Gasteiger charge is 2.07. The van der Waals surface area contributed by atoms with E-state index in [1.165, 1.54) is 6.07 Å². The molecule has 0 unspecified atom stereocenters. The Labute approximate surface area is 140 Å². The van der Waals surface area contributed by atoms with Gasteiger partial charge in [-0.05, 0) is 55.5 Å². The maximum absolute atomic E-state index is 11.0. The molecule has 0 heterocycles. The van der Waals surface area contributed by atoms with Gasteiger partial charge in [0.1, 0.15) is 5.75 Å². The molecule has 22 heavy (non-hydrogen) atoms. The van der Waals surface area contributed by atoms with Crippen LogP contribution in [0.2, 0.25) is 5.02 Å². The summed E-state index contributed by atoms with van der Waals surface area (Å²) in [6.45, 7) is 4.26. The average Bonchev–Trinajstić information content (AvgIpc) is 2.50. The molecule has 1 aromatic rings. The summed E-state index contributed by atoms with van der Waals surface area (Å²) >= 11 is 11.4. The van der Waals surface area contributed by atoms with Crippen molar-refractivity contribution in [1.82, 2.24) is 0 Å². The van der Waals surface area contributed by atoms with Crippen LogP contribution in [0.3, 0.4) is 0 Å². The highest BCUT2D eigenvalue weighted by atomic mass is 35.5. The SMILES string of the molecule is C=CC(=O)OCCCCCCOc1ccc(C(=O)Cl)cc1Cl. The molecular formula is C16H18Cl2O4. The van der Waals surface area contributed by atoms with Crippen LogP contribution in [-0.2, 0) is 9.53 Å². The number of ether oxygens (including phenoxy) is 2. The van der Waals surface area contributed by atoms with Gasteiger partial charge in [0, 0.05) is 11.6 Å². The number of benzene rings is 1. The molecule has 0 atom stereocenters. The van der Waals surface area contributed by atoms with Gasteiger partial charge in [0.25, 0.3) is 5.24 Å². The van der Waals surface area contributed by atoms with Gasteiger partial charge >= 0.3 is 5.97 Å². The summed E-state index contributed by atoms with van der Waals surface area (Å²) in [4.78, 5) is 21.8. The van der Waals surface area contributed by atoms with E-state index >= 15 is 0 Å². The van der Waals surface area contributed by atoms with Gasteiger partial charge in [0.05, 0.1) is 18.2 Å². The third-order valence-corrected chi connectivity index (χ3v) is 3.38. The second kappa shape index (κ2) is 10.2. The van der Waals surface area contributed by atoms with Crippen molar-refractivity contribution >= 4 is 34.4 Å². The monoisotopic (exact) mass is 344 g/mol. The van der Waals surface area contributed by atoms with Crippen LogP contribution in [0.4, 0.5) is 0 Å². The minimum atomic E-state index is -0.550. The van der Waals surface area contributed by atoms with Gasteiger partial charge in [0.2, 0.25) is 0 Å². The molecule has 6 heteroatoms. The van der Waals surface area contributed by atoms with Crippen LogP contribution in [0.15, 0.2) is 30.9 Å². The van der Waals surface area contributed by atoms with E-state index in [-0.39, 0.29) is 0 Å². The number of hydrogen-bond acceptors (Lipinski definition) is 4. The predicted octanol–water partition coefficient (Wildman–Crippen LogP) is 4.39. The quantitative estimate of drug-likeness (QED) is 0.273. The first-order chi connectivity index (χ1) is 10.5. The topological polar surface area (TPSA) is 52.6 Å². The number of unbranched alkanes of at least 4 members (excludes halogenated alkanes) is 3. The Balaban J connectivity index is 2.16. The van der Waals surface area contributed by atoms with E-state index in [9.17, 15) is 9.59 Å². The Hall–Kier alpha value is -1.52. The number of halogens is 2. The Morgan fingerprint density at radius 3 is 2.41 bits per heavy atom.